The summed E-state index contributed by atoms with van der Waals surface area (Å²) < 4.78 is 11.8. The Morgan fingerprint density at radius 3 is 2.42 bits per heavy atom. The summed E-state index contributed by atoms with van der Waals surface area (Å²) in [5, 5.41) is 0. The van der Waals surface area contributed by atoms with Gasteiger partial charge in [0.15, 0.2) is 0 Å². The molecule has 2 aromatic rings. The molecule has 0 aromatic heterocycles. The number of ether oxygens (including phenoxy) is 2. The highest BCUT2D eigenvalue weighted by molar-refractivity contribution is 9.10. The van der Waals surface area contributed by atoms with Crippen molar-refractivity contribution in [3.63, 3.8) is 0 Å². The average Bonchev–Trinajstić information content (AvgIpc) is 2.45. The molecule has 1 unspecified atom stereocenters. The molecule has 0 aliphatic heterocycles. The quantitative estimate of drug-likeness (QED) is 0.693. The Morgan fingerprint density at radius 1 is 1.00 bits per heavy atom. The molecule has 0 saturated heterocycles. The van der Waals surface area contributed by atoms with Crippen molar-refractivity contribution in [2.75, 3.05) is 14.2 Å². The minimum Gasteiger partial charge on any atom is -0.497 e. The van der Waals surface area contributed by atoms with Crippen LogP contribution in [0.4, 0.5) is 0 Å². The van der Waals surface area contributed by atoms with Gasteiger partial charge in [-0.25, -0.2) is 0 Å². The molecule has 0 N–H and O–H groups in total. The Labute approximate surface area is 130 Å². The lowest BCUT2D eigenvalue weighted by Crippen LogP contribution is -1.98. The molecule has 0 fully saturated rings. The summed E-state index contributed by atoms with van der Waals surface area (Å²) in [7, 11) is 3.33. The van der Waals surface area contributed by atoms with E-state index in [0.717, 1.165) is 27.1 Å². The molecule has 2 rings (SSSR count). The number of alkyl halides is 1. The molecule has 100 valence electrons. The van der Waals surface area contributed by atoms with Gasteiger partial charge < -0.3 is 9.47 Å². The fourth-order valence-corrected chi connectivity index (χ4v) is 2.94. The number of rotatable bonds is 4. The van der Waals surface area contributed by atoms with Gasteiger partial charge in [0.2, 0.25) is 0 Å². The molecule has 0 aliphatic carbocycles. The van der Waals surface area contributed by atoms with Gasteiger partial charge in [-0.3, -0.25) is 0 Å². The van der Waals surface area contributed by atoms with Crippen LogP contribution in [0.1, 0.15) is 16.0 Å². The van der Waals surface area contributed by atoms with Crippen molar-refractivity contribution in [3.05, 3.63) is 58.1 Å². The highest BCUT2D eigenvalue weighted by Crippen LogP contribution is 2.39. The summed E-state index contributed by atoms with van der Waals surface area (Å²) in [6, 6.07) is 14.0. The molecule has 0 heterocycles. The predicted molar refractivity (Wildman–Crippen MR) is 84.5 cm³/mol. The van der Waals surface area contributed by atoms with Gasteiger partial charge in [0.1, 0.15) is 11.5 Å². The van der Waals surface area contributed by atoms with Crippen molar-refractivity contribution in [1.82, 2.24) is 0 Å². The Hall–Kier alpha value is -1.00. The van der Waals surface area contributed by atoms with Crippen LogP contribution in [0.25, 0.3) is 0 Å². The number of benzene rings is 2. The van der Waals surface area contributed by atoms with Crippen LogP contribution in [-0.2, 0) is 0 Å². The van der Waals surface area contributed by atoms with Crippen LogP contribution in [0.3, 0.4) is 0 Å². The minimum absolute atomic E-state index is 0.0510. The maximum absolute atomic E-state index is 5.42. The van der Waals surface area contributed by atoms with Gasteiger partial charge in [-0.1, -0.05) is 44.0 Å². The largest absolute Gasteiger partial charge is 0.497 e. The summed E-state index contributed by atoms with van der Waals surface area (Å²) in [6.45, 7) is 0. The van der Waals surface area contributed by atoms with Crippen molar-refractivity contribution in [3.8, 4) is 11.5 Å². The first kappa shape index (κ1) is 14.4. The van der Waals surface area contributed by atoms with E-state index in [1.54, 1.807) is 14.2 Å². The van der Waals surface area contributed by atoms with Crippen molar-refractivity contribution >= 4 is 31.9 Å². The lowest BCUT2D eigenvalue weighted by molar-refractivity contribution is 0.399. The van der Waals surface area contributed by atoms with E-state index in [1.807, 2.05) is 30.3 Å². The average molecular weight is 386 g/mol. The standard InChI is InChI=1S/C15H14Br2O2/c1-18-12-6-7-14(19-2)13(9-12)15(17)10-4-3-5-11(16)8-10/h3-9,15H,1-2H3. The third-order valence-corrected chi connectivity index (χ3v) is 4.37. The first-order valence-corrected chi connectivity index (χ1v) is 7.48. The number of halogens is 2. The molecule has 0 aliphatic rings. The zero-order valence-electron chi connectivity index (χ0n) is 10.7. The van der Waals surface area contributed by atoms with Crippen LogP contribution >= 0.6 is 31.9 Å². The fraction of sp³-hybridized carbons (Fsp3) is 0.200. The molecular weight excluding hydrogens is 372 g/mol. The number of methoxy groups -OCH3 is 2. The molecule has 0 radical (unpaired) electrons. The van der Waals surface area contributed by atoms with Crippen LogP contribution in [0.15, 0.2) is 46.9 Å². The fourth-order valence-electron chi connectivity index (χ4n) is 1.88. The molecule has 0 bridgehead atoms. The molecule has 2 aromatic carbocycles. The van der Waals surface area contributed by atoms with Gasteiger partial charge in [-0.2, -0.15) is 0 Å². The molecule has 0 saturated carbocycles. The zero-order valence-corrected chi connectivity index (χ0v) is 13.9. The normalized spacial score (nSPS) is 12.0. The Bertz CT molecular complexity index is 570. The van der Waals surface area contributed by atoms with Crippen molar-refractivity contribution < 1.29 is 9.47 Å². The SMILES string of the molecule is COc1ccc(OC)c(C(Br)c2cccc(Br)c2)c1. The van der Waals surface area contributed by atoms with Crippen LogP contribution in [0.5, 0.6) is 11.5 Å². The van der Waals surface area contributed by atoms with E-state index in [0.29, 0.717) is 0 Å². The maximum atomic E-state index is 5.42. The van der Waals surface area contributed by atoms with E-state index >= 15 is 0 Å². The van der Waals surface area contributed by atoms with Crippen molar-refractivity contribution in [2.45, 2.75) is 4.83 Å². The van der Waals surface area contributed by atoms with E-state index in [4.69, 9.17) is 9.47 Å². The smallest absolute Gasteiger partial charge is 0.123 e. The van der Waals surface area contributed by atoms with Gasteiger partial charge in [-0.05, 0) is 35.9 Å². The Balaban J connectivity index is 2.44. The Kier molecular flexibility index (Phi) is 4.88. The van der Waals surface area contributed by atoms with E-state index < -0.39 is 0 Å². The summed E-state index contributed by atoms with van der Waals surface area (Å²) in [5.74, 6) is 1.65. The minimum atomic E-state index is 0.0510. The van der Waals surface area contributed by atoms with Gasteiger partial charge in [0, 0.05) is 10.0 Å². The first-order chi connectivity index (χ1) is 9.15. The van der Waals surface area contributed by atoms with E-state index in [-0.39, 0.29) is 4.83 Å². The van der Waals surface area contributed by atoms with Crippen molar-refractivity contribution in [1.29, 1.82) is 0 Å². The first-order valence-electron chi connectivity index (χ1n) is 5.77. The van der Waals surface area contributed by atoms with Crippen LogP contribution < -0.4 is 9.47 Å². The third kappa shape index (κ3) is 3.31. The monoisotopic (exact) mass is 384 g/mol. The second-order valence-electron chi connectivity index (χ2n) is 4.03. The highest BCUT2D eigenvalue weighted by atomic mass is 79.9. The zero-order chi connectivity index (χ0) is 13.8. The number of hydrogen-bond donors (Lipinski definition) is 0. The lowest BCUT2D eigenvalue weighted by atomic mass is 10.0. The van der Waals surface area contributed by atoms with E-state index in [1.165, 1.54) is 0 Å². The molecule has 0 amide bonds. The summed E-state index contributed by atoms with van der Waals surface area (Å²) >= 11 is 7.22. The highest BCUT2D eigenvalue weighted by Gasteiger charge is 2.16. The maximum Gasteiger partial charge on any atom is 0.123 e. The lowest BCUT2D eigenvalue weighted by Gasteiger charge is -2.16. The van der Waals surface area contributed by atoms with Gasteiger partial charge >= 0.3 is 0 Å². The van der Waals surface area contributed by atoms with E-state index in [2.05, 4.69) is 44.0 Å². The summed E-state index contributed by atoms with van der Waals surface area (Å²) in [4.78, 5) is 0.0510. The topological polar surface area (TPSA) is 18.5 Å². The molecule has 19 heavy (non-hydrogen) atoms. The van der Waals surface area contributed by atoms with Crippen LogP contribution in [0.2, 0.25) is 0 Å². The number of hydrogen-bond acceptors (Lipinski definition) is 2. The van der Waals surface area contributed by atoms with Gasteiger partial charge in [0.05, 0.1) is 19.0 Å². The molecule has 4 heteroatoms. The summed E-state index contributed by atoms with van der Waals surface area (Å²) in [6.07, 6.45) is 0. The third-order valence-electron chi connectivity index (χ3n) is 2.85. The van der Waals surface area contributed by atoms with E-state index in [9.17, 15) is 0 Å². The van der Waals surface area contributed by atoms with Gasteiger partial charge in [0.25, 0.3) is 0 Å². The molecule has 1 atom stereocenters. The van der Waals surface area contributed by atoms with Gasteiger partial charge in [-0.15, -0.1) is 0 Å². The summed E-state index contributed by atoms with van der Waals surface area (Å²) in [5.41, 5.74) is 2.20. The molecular formula is C15H14Br2O2. The van der Waals surface area contributed by atoms with Crippen molar-refractivity contribution in [2.24, 2.45) is 0 Å². The van der Waals surface area contributed by atoms with Crippen LogP contribution in [0, 0.1) is 0 Å². The Morgan fingerprint density at radius 2 is 1.79 bits per heavy atom. The second-order valence-corrected chi connectivity index (χ2v) is 5.86. The second kappa shape index (κ2) is 6.44. The van der Waals surface area contributed by atoms with Crippen LogP contribution in [-0.4, -0.2) is 14.2 Å². The molecule has 0 spiro atoms. The predicted octanol–water partition coefficient (Wildman–Crippen LogP) is 4.95. The molecule has 2 nitrogen and oxygen atoms in total.